The normalized spacial score (nSPS) is 19.8. The van der Waals surface area contributed by atoms with Crippen LogP contribution in [0.5, 0.6) is 0 Å². The van der Waals surface area contributed by atoms with Gasteiger partial charge in [0.2, 0.25) is 0 Å². The summed E-state index contributed by atoms with van der Waals surface area (Å²) in [5, 5.41) is 3.37. The van der Waals surface area contributed by atoms with Crippen LogP contribution >= 0.6 is 0 Å². The second-order valence-electron chi connectivity index (χ2n) is 6.11. The van der Waals surface area contributed by atoms with Gasteiger partial charge in [0.05, 0.1) is 0 Å². The number of nitrogens with zero attached hydrogens (tertiary/aromatic N) is 1. The zero-order chi connectivity index (χ0) is 13.2. The molecule has 1 aliphatic rings. The lowest BCUT2D eigenvalue weighted by Gasteiger charge is -2.42. The van der Waals surface area contributed by atoms with Crippen LogP contribution in [-0.4, -0.2) is 31.1 Å². The van der Waals surface area contributed by atoms with Crippen molar-refractivity contribution in [3.63, 3.8) is 0 Å². The van der Waals surface area contributed by atoms with Crippen LogP contribution in [0.15, 0.2) is 24.3 Å². The molecule has 0 aliphatic carbocycles. The molecule has 0 radical (unpaired) electrons. The minimum absolute atomic E-state index is 0.102. The Morgan fingerprint density at radius 2 is 1.89 bits per heavy atom. The Bertz CT molecular complexity index is 392. The lowest BCUT2D eigenvalue weighted by atomic mass is 9.81. The van der Waals surface area contributed by atoms with Gasteiger partial charge in [-0.3, -0.25) is 4.90 Å². The van der Waals surface area contributed by atoms with Crippen LogP contribution in [0.1, 0.15) is 32.4 Å². The summed E-state index contributed by atoms with van der Waals surface area (Å²) in [6.45, 7) is 10.8. The topological polar surface area (TPSA) is 15.3 Å². The minimum atomic E-state index is -0.142. The lowest BCUT2D eigenvalue weighted by Crippen LogP contribution is -2.48. The van der Waals surface area contributed by atoms with E-state index < -0.39 is 0 Å². The first-order valence-electron chi connectivity index (χ1n) is 6.69. The highest BCUT2D eigenvalue weighted by molar-refractivity contribution is 5.22. The second-order valence-corrected chi connectivity index (χ2v) is 6.11. The molecule has 1 fully saturated rings. The molecule has 0 unspecified atom stereocenters. The molecule has 1 N–H and O–H groups in total. The molecule has 1 aliphatic heterocycles. The van der Waals surface area contributed by atoms with Gasteiger partial charge < -0.3 is 5.32 Å². The van der Waals surface area contributed by atoms with Crippen LogP contribution in [0.25, 0.3) is 0 Å². The number of hydrogen-bond donors (Lipinski definition) is 1. The molecule has 2 nitrogen and oxygen atoms in total. The van der Waals surface area contributed by atoms with E-state index in [0.29, 0.717) is 0 Å². The van der Waals surface area contributed by atoms with Crippen LogP contribution in [0, 0.1) is 11.2 Å². The summed E-state index contributed by atoms with van der Waals surface area (Å²) in [7, 11) is 0. The fourth-order valence-corrected chi connectivity index (χ4v) is 2.88. The van der Waals surface area contributed by atoms with Crippen molar-refractivity contribution in [2.75, 3.05) is 26.2 Å². The fraction of sp³-hybridized carbons (Fsp3) is 0.600. The van der Waals surface area contributed by atoms with Crippen LogP contribution < -0.4 is 5.32 Å². The summed E-state index contributed by atoms with van der Waals surface area (Å²) in [6, 6.07) is 7.32. The summed E-state index contributed by atoms with van der Waals surface area (Å²) < 4.78 is 13.5. The summed E-state index contributed by atoms with van der Waals surface area (Å²) >= 11 is 0. The standard InChI is InChI=1S/C15H23FN2/c1-15(2,3)14(18-9-7-17-8-10-18)12-5-4-6-13(16)11-12/h4-6,11,14,17H,7-10H2,1-3H3/t14-/m1/s1. The summed E-state index contributed by atoms with van der Waals surface area (Å²) in [4.78, 5) is 2.46. The molecule has 0 amide bonds. The smallest absolute Gasteiger partial charge is 0.123 e. The van der Waals surface area contributed by atoms with Gasteiger partial charge in [0.1, 0.15) is 5.82 Å². The summed E-state index contributed by atoms with van der Waals surface area (Å²) in [5.74, 6) is -0.142. The van der Waals surface area contributed by atoms with Crippen molar-refractivity contribution >= 4 is 0 Å². The van der Waals surface area contributed by atoms with Crippen molar-refractivity contribution in [1.29, 1.82) is 0 Å². The number of halogens is 1. The Morgan fingerprint density at radius 3 is 2.44 bits per heavy atom. The van der Waals surface area contributed by atoms with E-state index >= 15 is 0 Å². The average molecular weight is 250 g/mol. The second kappa shape index (κ2) is 5.37. The Balaban J connectivity index is 2.30. The average Bonchev–Trinajstić information content (AvgIpc) is 2.28. The molecule has 3 heteroatoms. The number of rotatable bonds is 2. The van der Waals surface area contributed by atoms with Crippen LogP contribution in [-0.2, 0) is 0 Å². The monoisotopic (exact) mass is 250 g/mol. The van der Waals surface area contributed by atoms with E-state index in [4.69, 9.17) is 0 Å². The highest BCUT2D eigenvalue weighted by Gasteiger charge is 2.32. The van der Waals surface area contributed by atoms with E-state index in [0.717, 1.165) is 31.7 Å². The molecule has 1 atom stereocenters. The number of piperazine rings is 1. The maximum Gasteiger partial charge on any atom is 0.123 e. The van der Waals surface area contributed by atoms with E-state index in [1.807, 2.05) is 12.1 Å². The molecule has 1 heterocycles. The van der Waals surface area contributed by atoms with Gasteiger partial charge in [0.25, 0.3) is 0 Å². The molecule has 1 saturated heterocycles. The van der Waals surface area contributed by atoms with Crippen LogP contribution in [0.3, 0.4) is 0 Å². The quantitative estimate of drug-likeness (QED) is 0.868. The Labute approximate surface area is 109 Å². The molecular weight excluding hydrogens is 227 g/mol. The third-order valence-corrected chi connectivity index (χ3v) is 3.50. The first kappa shape index (κ1) is 13.5. The fourth-order valence-electron chi connectivity index (χ4n) is 2.88. The number of nitrogens with one attached hydrogen (secondary N) is 1. The van der Waals surface area contributed by atoms with Gasteiger partial charge in [-0.25, -0.2) is 4.39 Å². The van der Waals surface area contributed by atoms with Gasteiger partial charge in [-0.1, -0.05) is 32.9 Å². The van der Waals surface area contributed by atoms with Crippen molar-refractivity contribution in [3.8, 4) is 0 Å². The van der Waals surface area contributed by atoms with Gasteiger partial charge >= 0.3 is 0 Å². The third kappa shape index (κ3) is 3.09. The molecule has 1 aromatic carbocycles. The third-order valence-electron chi connectivity index (χ3n) is 3.50. The zero-order valence-electron chi connectivity index (χ0n) is 11.5. The van der Waals surface area contributed by atoms with E-state index in [1.165, 1.54) is 6.07 Å². The molecule has 1 aromatic rings. The predicted octanol–water partition coefficient (Wildman–Crippen LogP) is 2.82. The van der Waals surface area contributed by atoms with Gasteiger partial charge in [-0.2, -0.15) is 0 Å². The van der Waals surface area contributed by atoms with Crippen molar-refractivity contribution in [3.05, 3.63) is 35.6 Å². The van der Waals surface area contributed by atoms with E-state index in [9.17, 15) is 4.39 Å². The molecule has 0 aromatic heterocycles. The van der Waals surface area contributed by atoms with Crippen molar-refractivity contribution in [1.82, 2.24) is 10.2 Å². The maximum absolute atomic E-state index is 13.5. The first-order valence-corrected chi connectivity index (χ1v) is 6.69. The van der Waals surface area contributed by atoms with Gasteiger partial charge in [-0.05, 0) is 23.1 Å². The molecule has 18 heavy (non-hydrogen) atoms. The first-order chi connectivity index (χ1) is 8.48. The number of hydrogen-bond acceptors (Lipinski definition) is 2. The Hall–Kier alpha value is -0.930. The van der Waals surface area contributed by atoms with Gasteiger partial charge in [-0.15, -0.1) is 0 Å². The number of benzene rings is 1. The molecule has 0 saturated carbocycles. The lowest BCUT2D eigenvalue weighted by molar-refractivity contribution is 0.0860. The van der Waals surface area contributed by atoms with Crippen molar-refractivity contribution < 1.29 is 4.39 Å². The highest BCUT2D eigenvalue weighted by Crippen LogP contribution is 2.38. The zero-order valence-corrected chi connectivity index (χ0v) is 11.5. The Morgan fingerprint density at radius 1 is 1.22 bits per heavy atom. The SMILES string of the molecule is CC(C)(C)[C@@H](c1cccc(F)c1)N1CCNCC1. The van der Waals surface area contributed by atoms with E-state index in [2.05, 4.69) is 31.0 Å². The van der Waals surface area contributed by atoms with Gasteiger partial charge in [0, 0.05) is 32.2 Å². The molecule has 0 spiro atoms. The van der Waals surface area contributed by atoms with Crippen LogP contribution in [0.2, 0.25) is 0 Å². The van der Waals surface area contributed by atoms with Crippen LogP contribution in [0.4, 0.5) is 4.39 Å². The highest BCUT2D eigenvalue weighted by atomic mass is 19.1. The Kier molecular flexibility index (Phi) is 4.03. The largest absolute Gasteiger partial charge is 0.314 e. The molecule has 0 bridgehead atoms. The minimum Gasteiger partial charge on any atom is -0.314 e. The van der Waals surface area contributed by atoms with Crippen molar-refractivity contribution in [2.45, 2.75) is 26.8 Å². The van der Waals surface area contributed by atoms with Crippen molar-refractivity contribution in [2.24, 2.45) is 5.41 Å². The molecule has 2 rings (SSSR count). The summed E-state index contributed by atoms with van der Waals surface area (Å²) in [6.07, 6.45) is 0. The molecular formula is C15H23FN2. The van der Waals surface area contributed by atoms with Gasteiger partial charge in [0.15, 0.2) is 0 Å². The maximum atomic E-state index is 13.5. The van der Waals surface area contributed by atoms with E-state index in [1.54, 1.807) is 6.07 Å². The predicted molar refractivity (Wildman–Crippen MR) is 73.0 cm³/mol. The summed E-state index contributed by atoms with van der Waals surface area (Å²) in [5.41, 5.74) is 1.19. The molecule has 100 valence electrons. The van der Waals surface area contributed by atoms with E-state index in [-0.39, 0.29) is 17.3 Å².